The number of hydrogen-bond acceptors (Lipinski definition) is 8. The molecule has 216 valence electrons. The van der Waals surface area contributed by atoms with Gasteiger partial charge in [0.15, 0.2) is 5.78 Å². The van der Waals surface area contributed by atoms with Gasteiger partial charge in [-0.3, -0.25) is 19.1 Å². The molecule has 42 heavy (non-hydrogen) atoms. The lowest BCUT2D eigenvalue weighted by Gasteiger charge is -2.29. The Morgan fingerprint density at radius 3 is 2.55 bits per heavy atom. The molecule has 1 aromatic carbocycles. The van der Waals surface area contributed by atoms with Gasteiger partial charge >= 0.3 is 0 Å². The summed E-state index contributed by atoms with van der Waals surface area (Å²) in [5.74, 6) is 0.483. The van der Waals surface area contributed by atoms with Crippen LogP contribution < -0.4 is 10.1 Å². The highest BCUT2D eigenvalue weighted by Crippen LogP contribution is 2.33. The first-order valence-electron chi connectivity index (χ1n) is 13.7. The summed E-state index contributed by atoms with van der Waals surface area (Å²) in [5.41, 5.74) is 3.43. The third-order valence-corrected chi connectivity index (χ3v) is 7.62. The number of hydrogen-bond donors (Lipinski definition) is 1. The molecule has 0 bridgehead atoms. The Bertz CT molecular complexity index is 1700. The molecule has 5 rings (SSSR count). The van der Waals surface area contributed by atoms with Gasteiger partial charge in [-0.2, -0.15) is 10.1 Å². The van der Waals surface area contributed by atoms with Crippen LogP contribution in [0, 0.1) is 19.8 Å². The number of nitrogens with zero attached hydrogens (tertiary/aromatic N) is 6. The molecule has 1 N–H and O–H groups in total. The molecule has 3 atom stereocenters. The molecule has 0 radical (unpaired) electrons. The Labute approximate surface area is 243 Å². The highest BCUT2D eigenvalue weighted by Gasteiger charge is 2.44. The maximum absolute atomic E-state index is 14.0. The molecule has 4 heterocycles. The van der Waals surface area contributed by atoms with Crippen molar-refractivity contribution in [2.75, 3.05) is 12.4 Å². The average Bonchev–Trinajstić information content (AvgIpc) is 3.51. The Hall–Kier alpha value is -4.93. The number of benzene rings is 1. The number of Topliss-reactive ketones (excluding diaryl/α,β-unsaturated/α-hetero) is 1. The summed E-state index contributed by atoms with van der Waals surface area (Å²) in [7, 11) is 1.50. The van der Waals surface area contributed by atoms with E-state index in [2.05, 4.69) is 31.9 Å². The number of pyridine rings is 1. The van der Waals surface area contributed by atoms with E-state index in [9.17, 15) is 14.4 Å². The standard InChI is InChI=1S/C31H33N7O4/c1-7-24-17(2)12-25(31(41)35-26-9-8-10-27(34-26)42-6)38(24)28(40)16-37-30-18(3)11-21(22-14-32-20(5)33-15-22)13-23(30)29(36-37)19(4)39/h7-11,13-15,17,24-25H,1,12,16H2,2-6H3,(H,34,35,41)/t17-,24+,25-/m0/s1. The molecule has 3 aromatic heterocycles. The molecule has 4 aromatic rings. The number of likely N-dealkylation sites (tertiary alicyclic amines) is 1. The third kappa shape index (κ3) is 5.37. The zero-order chi connectivity index (χ0) is 30.1. The van der Waals surface area contributed by atoms with Crippen LogP contribution in [-0.2, 0) is 16.1 Å². The van der Waals surface area contributed by atoms with Crippen molar-refractivity contribution >= 4 is 34.3 Å². The van der Waals surface area contributed by atoms with Crippen molar-refractivity contribution in [3.05, 3.63) is 72.5 Å². The van der Waals surface area contributed by atoms with Crippen LogP contribution in [0.4, 0.5) is 5.82 Å². The van der Waals surface area contributed by atoms with Gasteiger partial charge in [0.25, 0.3) is 0 Å². The number of anilines is 1. The monoisotopic (exact) mass is 567 g/mol. The number of aromatic nitrogens is 5. The van der Waals surface area contributed by atoms with E-state index in [-0.39, 0.29) is 41.8 Å². The first-order chi connectivity index (χ1) is 20.1. The van der Waals surface area contributed by atoms with Crippen LogP contribution in [0.25, 0.3) is 22.0 Å². The van der Waals surface area contributed by atoms with Crippen LogP contribution in [-0.4, -0.2) is 66.4 Å². The number of ketones is 1. The number of ether oxygens (including phenoxy) is 1. The smallest absolute Gasteiger partial charge is 0.248 e. The molecule has 1 aliphatic rings. The number of fused-ring (bicyclic) bond motifs is 1. The van der Waals surface area contributed by atoms with E-state index < -0.39 is 6.04 Å². The molecular weight excluding hydrogens is 534 g/mol. The van der Waals surface area contributed by atoms with Crippen molar-refractivity contribution in [2.45, 2.75) is 52.7 Å². The summed E-state index contributed by atoms with van der Waals surface area (Å²) >= 11 is 0. The van der Waals surface area contributed by atoms with E-state index in [4.69, 9.17) is 4.74 Å². The maximum Gasteiger partial charge on any atom is 0.248 e. The summed E-state index contributed by atoms with van der Waals surface area (Å²) in [6.45, 7) is 10.9. The zero-order valence-corrected chi connectivity index (χ0v) is 24.3. The molecular formula is C31H33N7O4. The lowest BCUT2D eigenvalue weighted by molar-refractivity contribution is -0.138. The topological polar surface area (TPSA) is 132 Å². The van der Waals surface area contributed by atoms with Crippen LogP contribution in [0.15, 0.2) is 55.4 Å². The van der Waals surface area contributed by atoms with Crippen molar-refractivity contribution in [1.29, 1.82) is 0 Å². The Kier molecular flexibility index (Phi) is 7.84. The predicted octanol–water partition coefficient (Wildman–Crippen LogP) is 4.15. The van der Waals surface area contributed by atoms with E-state index in [1.165, 1.54) is 14.0 Å². The summed E-state index contributed by atoms with van der Waals surface area (Å²) < 4.78 is 6.72. The largest absolute Gasteiger partial charge is 0.481 e. The van der Waals surface area contributed by atoms with Gasteiger partial charge in [-0.15, -0.1) is 6.58 Å². The molecule has 0 spiro atoms. The van der Waals surface area contributed by atoms with Crippen LogP contribution in [0.3, 0.4) is 0 Å². The van der Waals surface area contributed by atoms with E-state index in [1.807, 2.05) is 32.9 Å². The number of amides is 2. The Balaban J connectivity index is 1.48. The summed E-state index contributed by atoms with van der Waals surface area (Å²) in [5, 5.41) is 8.03. The Morgan fingerprint density at radius 1 is 1.14 bits per heavy atom. The van der Waals surface area contributed by atoms with Gasteiger partial charge < -0.3 is 15.0 Å². The van der Waals surface area contributed by atoms with Gasteiger partial charge in [-0.25, -0.2) is 9.97 Å². The van der Waals surface area contributed by atoms with Crippen LogP contribution in [0.1, 0.15) is 42.1 Å². The second kappa shape index (κ2) is 11.5. The van der Waals surface area contributed by atoms with Crippen molar-refractivity contribution in [3.63, 3.8) is 0 Å². The molecule has 0 unspecified atom stereocenters. The van der Waals surface area contributed by atoms with Gasteiger partial charge in [0.1, 0.15) is 29.9 Å². The van der Waals surface area contributed by atoms with E-state index in [1.54, 1.807) is 46.3 Å². The minimum atomic E-state index is -0.744. The first-order valence-corrected chi connectivity index (χ1v) is 13.7. The molecule has 0 saturated carbocycles. The summed E-state index contributed by atoms with van der Waals surface area (Å²) in [6, 6.07) is 7.81. The number of rotatable bonds is 8. The zero-order valence-electron chi connectivity index (χ0n) is 24.3. The van der Waals surface area contributed by atoms with Crippen molar-refractivity contribution in [2.24, 2.45) is 5.92 Å². The molecule has 11 nitrogen and oxygen atoms in total. The fourth-order valence-electron chi connectivity index (χ4n) is 5.63. The number of carbonyl (C=O) groups is 3. The minimum absolute atomic E-state index is 0.00337. The molecule has 2 amide bonds. The highest BCUT2D eigenvalue weighted by atomic mass is 16.5. The van der Waals surface area contributed by atoms with Gasteiger partial charge in [-0.05, 0) is 55.5 Å². The minimum Gasteiger partial charge on any atom is -0.481 e. The molecule has 11 heteroatoms. The van der Waals surface area contributed by atoms with Gasteiger partial charge in [0.05, 0.1) is 18.7 Å². The Morgan fingerprint density at radius 2 is 1.88 bits per heavy atom. The summed E-state index contributed by atoms with van der Waals surface area (Å²) in [6.07, 6.45) is 5.63. The average molecular weight is 568 g/mol. The second-order valence-corrected chi connectivity index (χ2v) is 10.6. The number of aryl methyl sites for hydroxylation is 2. The van der Waals surface area contributed by atoms with Gasteiger partial charge in [-0.1, -0.05) is 19.1 Å². The van der Waals surface area contributed by atoms with Crippen molar-refractivity contribution < 1.29 is 19.1 Å². The molecule has 1 fully saturated rings. The van der Waals surface area contributed by atoms with Crippen molar-refractivity contribution in [1.82, 2.24) is 29.6 Å². The quantitative estimate of drug-likeness (QED) is 0.248. The fourth-order valence-corrected chi connectivity index (χ4v) is 5.63. The van der Waals surface area contributed by atoms with Crippen LogP contribution >= 0.6 is 0 Å². The lowest BCUT2D eigenvalue weighted by Crippen LogP contribution is -2.48. The first kappa shape index (κ1) is 28.6. The predicted molar refractivity (Wildman–Crippen MR) is 158 cm³/mol. The highest BCUT2D eigenvalue weighted by molar-refractivity contribution is 6.07. The SMILES string of the molecule is C=C[C@@H]1[C@@H](C)C[C@@H](C(=O)Nc2cccc(OC)n2)N1C(=O)Cn1nc(C(C)=O)c2cc(-c3cnc(C)nc3)cc(C)c21. The van der Waals surface area contributed by atoms with E-state index >= 15 is 0 Å². The van der Waals surface area contributed by atoms with Crippen LogP contribution in [0.2, 0.25) is 0 Å². The molecule has 0 aliphatic carbocycles. The number of nitrogens with one attached hydrogen (secondary N) is 1. The molecule has 1 aliphatic heterocycles. The van der Waals surface area contributed by atoms with Gasteiger partial charge in [0, 0.05) is 36.3 Å². The molecule has 1 saturated heterocycles. The van der Waals surface area contributed by atoms with Crippen molar-refractivity contribution in [3.8, 4) is 17.0 Å². The summed E-state index contributed by atoms with van der Waals surface area (Å²) in [4.78, 5) is 54.5. The fraction of sp³-hybridized carbons (Fsp3) is 0.323. The number of methoxy groups -OCH3 is 1. The second-order valence-electron chi connectivity index (χ2n) is 10.6. The van der Waals surface area contributed by atoms with Gasteiger partial charge in [0.2, 0.25) is 17.7 Å². The third-order valence-electron chi connectivity index (χ3n) is 7.62. The normalized spacial score (nSPS) is 18.2. The maximum atomic E-state index is 14.0. The number of carbonyl (C=O) groups excluding carboxylic acids is 3. The lowest BCUT2D eigenvalue weighted by atomic mass is 10.0. The van der Waals surface area contributed by atoms with E-state index in [0.717, 1.165) is 16.7 Å². The van der Waals surface area contributed by atoms with Crippen LogP contribution in [0.5, 0.6) is 5.88 Å². The van der Waals surface area contributed by atoms with E-state index in [0.29, 0.717) is 34.8 Å².